The van der Waals surface area contributed by atoms with Crippen LogP contribution in [0, 0.1) is 13.8 Å². The van der Waals surface area contributed by atoms with Crippen LogP contribution in [-0.2, 0) is 4.79 Å². The van der Waals surface area contributed by atoms with Crippen molar-refractivity contribution < 1.29 is 4.79 Å². The monoisotopic (exact) mass is 241 g/mol. The van der Waals surface area contributed by atoms with Crippen molar-refractivity contribution in [1.82, 2.24) is 4.57 Å². The smallest absolute Gasteiger partial charge is 0.137 e. The van der Waals surface area contributed by atoms with Gasteiger partial charge in [0.1, 0.15) is 5.78 Å². The standard InChI is InChI=1S/C16H19NO/c1-11-9-10-12(2)17(11)16-8-6-5-7-15(16)13(3)14(4)18/h5-10,13H,1-4H3. The van der Waals surface area contributed by atoms with Gasteiger partial charge in [0.05, 0.1) is 0 Å². The Morgan fingerprint density at radius 1 is 1.06 bits per heavy atom. The molecule has 0 saturated heterocycles. The van der Waals surface area contributed by atoms with E-state index in [-0.39, 0.29) is 11.7 Å². The predicted octanol–water partition coefficient (Wildman–Crippen LogP) is 3.79. The number of hydrogen-bond acceptors (Lipinski definition) is 1. The second kappa shape index (κ2) is 4.81. The number of aromatic nitrogens is 1. The fraction of sp³-hybridized carbons (Fsp3) is 0.312. The Hall–Kier alpha value is -1.83. The molecule has 1 aromatic heterocycles. The number of carbonyl (C=O) groups is 1. The van der Waals surface area contributed by atoms with E-state index >= 15 is 0 Å². The van der Waals surface area contributed by atoms with Gasteiger partial charge in [-0.3, -0.25) is 4.79 Å². The number of ketones is 1. The van der Waals surface area contributed by atoms with Gasteiger partial charge in [-0.1, -0.05) is 25.1 Å². The Kier molecular flexibility index (Phi) is 3.37. The van der Waals surface area contributed by atoms with Crippen LogP contribution in [0.25, 0.3) is 5.69 Å². The van der Waals surface area contributed by atoms with E-state index in [1.54, 1.807) is 6.92 Å². The number of para-hydroxylation sites is 1. The van der Waals surface area contributed by atoms with E-state index in [9.17, 15) is 4.79 Å². The van der Waals surface area contributed by atoms with Crippen LogP contribution in [0.1, 0.15) is 36.7 Å². The number of rotatable bonds is 3. The molecule has 0 aliphatic carbocycles. The summed E-state index contributed by atoms with van der Waals surface area (Å²) in [5.41, 5.74) is 4.58. The van der Waals surface area contributed by atoms with Crippen LogP contribution in [0.3, 0.4) is 0 Å². The van der Waals surface area contributed by atoms with Crippen LogP contribution >= 0.6 is 0 Å². The predicted molar refractivity (Wildman–Crippen MR) is 74.3 cm³/mol. The van der Waals surface area contributed by atoms with Crippen LogP contribution in [-0.4, -0.2) is 10.4 Å². The topological polar surface area (TPSA) is 22.0 Å². The Bertz CT molecular complexity index is 561. The molecule has 2 rings (SSSR count). The van der Waals surface area contributed by atoms with Gasteiger partial charge in [-0.05, 0) is 44.5 Å². The molecular weight excluding hydrogens is 222 g/mol. The molecule has 2 nitrogen and oxygen atoms in total. The molecule has 0 N–H and O–H groups in total. The van der Waals surface area contributed by atoms with Gasteiger partial charge in [-0.15, -0.1) is 0 Å². The number of hydrogen-bond donors (Lipinski definition) is 0. The van der Waals surface area contributed by atoms with Crippen molar-refractivity contribution in [1.29, 1.82) is 0 Å². The first-order valence-corrected chi connectivity index (χ1v) is 6.27. The molecule has 1 atom stereocenters. The minimum absolute atomic E-state index is 0.0672. The maximum absolute atomic E-state index is 11.6. The number of Topliss-reactive ketones (excluding diaryl/α,β-unsaturated/α-hetero) is 1. The third-order valence-corrected chi connectivity index (χ3v) is 3.53. The van der Waals surface area contributed by atoms with E-state index in [0.717, 1.165) is 11.3 Å². The highest BCUT2D eigenvalue weighted by molar-refractivity contribution is 5.84. The van der Waals surface area contributed by atoms with Crippen LogP contribution in [0.5, 0.6) is 0 Å². The molecule has 0 amide bonds. The molecule has 1 aromatic carbocycles. The SMILES string of the molecule is CC(=O)C(C)c1ccccc1-n1c(C)ccc1C. The summed E-state index contributed by atoms with van der Waals surface area (Å²) in [6.07, 6.45) is 0. The lowest BCUT2D eigenvalue weighted by Crippen LogP contribution is -2.10. The molecule has 94 valence electrons. The van der Waals surface area contributed by atoms with Crippen molar-refractivity contribution in [2.24, 2.45) is 0 Å². The van der Waals surface area contributed by atoms with Gasteiger partial charge < -0.3 is 4.57 Å². The maximum atomic E-state index is 11.6. The van der Waals surface area contributed by atoms with Gasteiger partial charge in [0.15, 0.2) is 0 Å². The molecule has 0 fully saturated rings. The number of nitrogens with zero attached hydrogens (tertiary/aromatic N) is 1. The first kappa shape index (κ1) is 12.6. The molecule has 2 heteroatoms. The average Bonchev–Trinajstić information content (AvgIpc) is 2.68. The van der Waals surface area contributed by atoms with Gasteiger partial charge in [-0.25, -0.2) is 0 Å². The Morgan fingerprint density at radius 3 is 2.17 bits per heavy atom. The zero-order chi connectivity index (χ0) is 13.3. The molecule has 0 radical (unpaired) electrons. The van der Waals surface area contributed by atoms with Gasteiger partial charge in [-0.2, -0.15) is 0 Å². The molecule has 0 aliphatic heterocycles. The second-order valence-corrected chi connectivity index (χ2v) is 4.84. The summed E-state index contributed by atoms with van der Waals surface area (Å²) in [6.45, 7) is 7.79. The van der Waals surface area contributed by atoms with E-state index in [1.165, 1.54) is 11.4 Å². The number of carbonyl (C=O) groups excluding carboxylic acids is 1. The minimum Gasteiger partial charge on any atom is -0.318 e. The Morgan fingerprint density at radius 2 is 1.61 bits per heavy atom. The highest BCUT2D eigenvalue weighted by atomic mass is 16.1. The second-order valence-electron chi connectivity index (χ2n) is 4.84. The minimum atomic E-state index is -0.0672. The molecule has 0 bridgehead atoms. The van der Waals surface area contributed by atoms with E-state index in [1.807, 2.05) is 25.1 Å². The van der Waals surface area contributed by atoms with Gasteiger partial charge >= 0.3 is 0 Å². The summed E-state index contributed by atoms with van der Waals surface area (Å²) in [7, 11) is 0. The molecular formula is C16H19NO. The highest BCUT2D eigenvalue weighted by Gasteiger charge is 2.16. The first-order valence-electron chi connectivity index (χ1n) is 6.27. The van der Waals surface area contributed by atoms with E-state index < -0.39 is 0 Å². The van der Waals surface area contributed by atoms with Crippen LogP contribution in [0.4, 0.5) is 0 Å². The van der Waals surface area contributed by atoms with Gasteiger partial charge in [0.2, 0.25) is 0 Å². The zero-order valence-corrected chi connectivity index (χ0v) is 11.4. The average molecular weight is 241 g/mol. The normalized spacial score (nSPS) is 12.4. The van der Waals surface area contributed by atoms with E-state index in [0.29, 0.717) is 0 Å². The summed E-state index contributed by atoms with van der Waals surface area (Å²) in [5.74, 6) is 0.132. The third kappa shape index (κ3) is 2.10. The summed E-state index contributed by atoms with van der Waals surface area (Å²) < 4.78 is 2.20. The molecule has 2 aromatic rings. The lowest BCUT2D eigenvalue weighted by molar-refractivity contribution is -0.118. The fourth-order valence-corrected chi connectivity index (χ4v) is 2.32. The van der Waals surface area contributed by atoms with Crippen molar-refractivity contribution >= 4 is 5.78 Å². The molecule has 1 unspecified atom stereocenters. The Balaban J connectivity index is 2.62. The van der Waals surface area contributed by atoms with Crippen molar-refractivity contribution in [3.05, 3.63) is 53.3 Å². The third-order valence-electron chi connectivity index (χ3n) is 3.53. The lowest BCUT2D eigenvalue weighted by atomic mass is 9.95. The van der Waals surface area contributed by atoms with Gasteiger partial charge in [0.25, 0.3) is 0 Å². The van der Waals surface area contributed by atoms with Crippen molar-refractivity contribution in [3.63, 3.8) is 0 Å². The zero-order valence-electron chi connectivity index (χ0n) is 11.4. The quantitative estimate of drug-likeness (QED) is 0.801. The van der Waals surface area contributed by atoms with Crippen molar-refractivity contribution in [2.75, 3.05) is 0 Å². The molecule has 0 spiro atoms. The van der Waals surface area contributed by atoms with E-state index in [2.05, 4.69) is 36.6 Å². The number of benzene rings is 1. The molecule has 18 heavy (non-hydrogen) atoms. The molecule has 1 heterocycles. The van der Waals surface area contributed by atoms with Crippen molar-refractivity contribution in [3.8, 4) is 5.69 Å². The first-order chi connectivity index (χ1) is 8.52. The maximum Gasteiger partial charge on any atom is 0.137 e. The largest absolute Gasteiger partial charge is 0.318 e. The van der Waals surface area contributed by atoms with Crippen LogP contribution in [0.2, 0.25) is 0 Å². The van der Waals surface area contributed by atoms with Crippen LogP contribution < -0.4 is 0 Å². The van der Waals surface area contributed by atoms with Crippen LogP contribution in [0.15, 0.2) is 36.4 Å². The van der Waals surface area contributed by atoms with Crippen molar-refractivity contribution in [2.45, 2.75) is 33.6 Å². The molecule has 0 aliphatic rings. The number of aryl methyl sites for hydroxylation is 2. The summed E-state index contributed by atoms with van der Waals surface area (Å²) >= 11 is 0. The molecule has 0 saturated carbocycles. The van der Waals surface area contributed by atoms with E-state index in [4.69, 9.17) is 0 Å². The van der Waals surface area contributed by atoms with Gasteiger partial charge in [0, 0.05) is 23.0 Å². The Labute approximate surface area is 108 Å². The summed E-state index contributed by atoms with van der Waals surface area (Å²) in [6, 6.07) is 12.3. The fourth-order valence-electron chi connectivity index (χ4n) is 2.32. The summed E-state index contributed by atoms with van der Waals surface area (Å²) in [4.78, 5) is 11.6. The lowest BCUT2D eigenvalue weighted by Gasteiger charge is -2.17. The summed E-state index contributed by atoms with van der Waals surface area (Å²) in [5, 5.41) is 0. The highest BCUT2D eigenvalue weighted by Crippen LogP contribution is 2.26.